The summed E-state index contributed by atoms with van der Waals surface area (Å²) in [4.78, 5) is 52.3. The topological polar surface area (TPSA) is 153 Å². The van der Waals surface area contributed by atoms with Gasteiger partial charge in [-0.05, 0) is 253 Å². The molecular weight excluding hydrogens is 2280 g/mol. The van der Waals surface area contributed by atoms with Crippen molar-refractivity contribution in [1.29, 1.82) is 0 Å². The molecule has 1 unspecified atom stereocenters. The van der Waals surface area contributed by atoms with Crippen molar-refractivity contribution in [2.75, 3.05) is 67.0 Å². The summed E-state index contributed by atoms with van der Waals surface area (Å²) in [6.07, 6.45) is 2.81. The van der Waals surface area contributed by atoms with Crippen molar-refractivity contribution < 1.29 is 57.4 Å². The fourth-order valence-corrected chi connectivity index (χ4v) is 21.7. The van der Waals surface area contributed by atoms with Gasteiger partial charge in [0.1, 0.15) is 40.6 Å². The van der Waals surface area contributed by atoms with Crippen molar-refractivity contribution in [2.24, 2.45) is 0 Å². The van der Waals surface area contributed by atoms with Gasteiger partial charge >= 0.3 is 0 Å². The van der Waals surface area contributed by atoms with Crippen molar-refractivity contribution >= 4 is 245 Å². The first kappa shape index (κ1) is 105. The van der Waals surface area contributed by atoms with Crippen LogP contribution in [0, 0.1) is 13.8 Å². The maximum atomic E-state index is 13.4. The molecule has 5 heterocycles. The monoisotopic (exact) mass is 2360 g/mol. The molecule has 1 aliphatic heterocycles. The van der Waals surface area contributed by atoms with Gasteiger partial charge in [-0.25, -0.2) is 0 Å². The normalized spacial score (nSPS) is 11.3. The summed E-state index contributed by atoms with van der Waals surface area (Å²) >= 11 is 35.7. The maximum absolute atomic E-state index is 13.4. The van der Waals surface area contributed by atoms with Crippen LogP contribution in [-0.4, -0.2) is 95.7 Å². The molecule has 1 atom stereocenters. The first-order valence-corrected chi connectivity index (χ1v) is 53.1. The van der Waals surface area contributed by atoms with Crippen molar-refractivity contribution in [3.05, 3.63) is 396 Å². The van der Waals surface area contributed by atoms with Crippen LogP contribution >= 0.6 is 181 Å². The number of fused-ring (bicyclic) bond motifs is 4. The van der Waals surface area contributed by atoms with Crippen LogP contribution in [-0.2, 0) is 4.74 Å². The molecule has 1 aliphatic rings. The summed E-state index contributed by atoms with van der Waals surface area (Å²) in [6.45, 7) is 6.01. The Balaban J connectivity index is 0.000000144. The maximum Gasteiger partial charge on any atom is 0.203 e. The van der Waals surface area contributed by atoms with Crippen molar-refractivity contribution in [3.8, 4) is 79.0 Å². The SMILES string of the molecule is C1CCOC1.COc1ccc2c(-c3ccc(Br)cc3)c(C(=O)c3ccccc3C)sc2c1.COc1ccc2c(-c3ccc(Br)cc3)c(C(O)c3ccccc3C)sc2c1.COc1ccc2c(-c3ccc(Br)cc3)c(C=O)sc2c1.COc1ccc2c(-c3ccc(Br)cc3)csc2c1.COc1cccc(S)c1.COc1cccc(SCC(=O)c2ccc(Br)cc2)c1.O=C(CBr)c1ccc(Br)cc1. The minimum atomic E-state index is -0.673. The van der Waals surface area contributed by atoms with Gasteiger partial charge in [-0.1, -0.05) is 245 Å². The Bertz CT molecular complexity index is 7040. The fourth-order valence-electron chi connectivity index (χ4n) is 14.2. The lowest BCUT2D eigenvalue weighted by molar-refractivity contribution is 0.101. The third kappa shape index (κ3) is 29.0. The predicted octanol–water partition coefficient (Wildman–Crippen LogP) is 34.3. The zero-order valence-corrected chi connectivity index (χ0v) is 91.1. The van der Waals surface area contributed by atoms with E-state index in [1.165, 1.54) is 68.5 Å². The van der Waals surface area contributed by atoms with E-state index in [-0.39, 0.29) is 17.3 Å². The first-order chi connectivity index (χ1) is 65.9. The number of benzene rings is 14. The molecule has 14 aromatic carbocycles. The number of alkyl halides is 1. The number of Topliss-reactive ketones (excluding diaryl/α,β-unsaturated/α-hetero) is 2. The van der Waals surface area contributed by atoms with E-state index in [2.05, 4.69) is 184 Å². The van der Waals surface area contributed by atoms with Crippen LogP contribution in [0.2, 0.25) is 0 Å². The minimum Gasteiger partial charge on any atom is -0.497 e. The molecule has 0 aliphatic carbocycles. The van der Waals surface area contributed by atoms with E-state index in [1.54, 1.807) is 77.5 Å². The number of thiol groups is 1. The van der Waals surface area contributed by atoms with Gasteiger partial charge in [0.05, 0.1) is 63.5 Å². The second-order valence-corrected chi connectivity index (χ2v) is 41.9. The predicted molar refractivity (Wildman–Crippen MR) is 596 cm³/mol. The van der Waals surface area contributed by atoms with Gasteiger partial charge in [-0.15, -0.1) is 69.7 Å². The average Bonchev–Trinajstić information content (AvgIpc) is 1.60. The van der Waals surface area contributed by atoms with Gasteiger partial charge in [0.25, 0.3) is 0 Å². The molecule has 1 fully saturated rings. The lowest BCUT2D eigenvalue weighted by Crippen LogP contribution is -2.02. The number of carbonyl (C=O) groups excluding carboxylic acids is 4. The Hall–Kier alpha value is -9.62. The zero-order chi connectivity index (χ0) is 96.7. The van der Waals surface area contributed by atoms with Gasteiger partial charge in [0.15, 0.2) is 17.9 Å². The number of aldehydes is 1. The molecular formula is C111H93Br7O12S6. The number of aryl methyl sites for hydroxylation is 2. The van der Waals surface area contributed by atoms with E-state index >= 15 is 0 Å². The molecule has 0 radical (unpaired) electrons. The average molecular weight is 2370 g/mol. The van der Waals surface area contributed by atoms with Crippen LogP contribution in [0.3, 0.4) is 0 Å². The highest BCUT2D eigenvalue weighted by Crippen LogP contribution is 2.48. The van der Waals surface area contributed by atoms with E-state index in [9.17, 15) is 24.3 Å². The quantitative estimate of drug-likeness (QED) is 0.0231. The van der Waals surface area contributed by atoms with E-state index in [4.69, 9.17) is 33.2 Å². The smallest absolute Gasteiger partial charge is 0.203 e. The molecule has 1 N–H and O–H groups in total. The number of halogens is 7. The number of aliphatic hydroxyl groups excluding tert-OH is 1. The highest BCUT2D eigenvalue weighted by molar-refractivity contribution is 9.11. The third-order valence-corrected chi connectivity index (χ3v) is 30.6. The second kappa shape index (κ2) is 53.0. The lowest BCUT2D eigenvalue weighted by atomic mass is 9.95. The lowest BCUT2D eigenvalue weighted by Gasteiger charge is -2.15. The van der Waals surface area contributed by atoms with E-state index in [0.717, 1.165) is 202 Å². The molecule has 4 aromatic heterocycles. The zero-order valence-electron chi connectivity index (χ0n) is 75.1. The van der Waals surface area contributed by atoms with Crippen molar-refractivity contribution in [1.82, 2.24) is 0 Å². The largest absolute Gasteiger partial charge is 0.497 e. The Morgan fingerprint density at radius 1 is 0.419 bits per heavy atom. The van der Waals surface area contributed by atoms with Gasteiger partial charge < -0.3 is 38.3 Å². The Morgan fingerprint density at radius 3 is 1.29 bits per heavy atom. The first-order valence-electron chi connectivity index (χ1n) is 42.4. The number of aliphatic hydroxyl groups is 1. The van der Waals surface area contributed by atoms with Gasteiger partial charge in [-0.2, -0.15) is 0 Å². The number of ketones is 3. The fraction of sp³-hybridized carbons (Fsp3) is 0.135. The number of rotatable bonds is 21. The van der Waals surface area contributed by atoms with Crippen molar-refractivity contribution in [3.63, 3.8) is 0 Å². The molecule has 0 amide bonds. The van der Waals surface area contributed by atoms with Crippen LogP contribution in [0.4, 0.5) is 0 Å². The minimum absolute atomic E-state index is 0.0613. The molecule has 18 aromatic rings. The molecule has 0 saturated carbocycles. The molecule has 0 bridgehead atoms. The molecule has 136 heavy (non-hydrogen) atoms. The Kier molecular flexibility index (Phi) is 41.0. The number of ether oxygens (including phenoxy) is 7. The number of hydrogen-bond acceptors (Lipinski definition) is 18. The number of thioether (sulfide) groups is 1. The number of methoxy groups -OCH3 is 6. The highest BCUT2D eigenvalue weighted by Gasteiger charge is 2.26. The summed E-state index contributed by atoms with van der Waals surface area (Å²) in [5.74, 6) is 5.70. The summed E-state index contributed by atoms with van der Waals surface area (Å²) in [7, 11) is 9.95. The van der Waals surface area contributed by atoms with Crippen LogP contribution in [0.15, 0.2) is 357 Å². The summed E-state index contributed by atoms with van der Waals surface area (Å²) in [5.41, 5.74) is 14.0. The second-order valence-electron chi connectivity index (χ2n) is 30.1. The van der Waals surface area contributed by atoms with E-state index < -0.39 is 6.10 Å². The molecule has 25 heteroatoms. The van der Waals surface area contributed by atoms with E-state index in [0.29, 0.717) is 11.1 Å². The molecule has 0 spiro atoms. The van der Waals surface area contributed by atoms with Gasteiger partial charge in [0.2, 0.25) is 5.78 Å². The third-order valence-electron chi connectivity index (χ3n) is 21.3. The highest BCUT2D eigenvalue weighted by atomic mass is 79.9. The standard InChI is InChI=1S/C23H19BrO2S.C23H17BrO2S.C16H11BrO2S.C15H13BrO2S.C15H11BrOS.C8H6Br2O.C7H8OS.C4H8O/c2*1-14-5-3-4-6-18(14)22(25)23-21(15-7-9-16(24)10-8-15)19-12-11-17(26-2)13-20(19)27-23;1-19-12-6-7-13-14(8-12)20-15(9-18)16(13)10-2-4-11(17)5-3-10;1-18-13-3-2-4-14(9-13)19-10-15(17)11-5-7-12(16)8-6-11;1-17-12-6-7-13-14(9-18-15(13)8-12)10-2-4-11(16)5-3-10;9-5-8(11)6-1-3-7(10)4-2-6;1-8-6-3-2-4-7(9)5-6;1-2-4-5-3-1/h3-13,22,25H,1-2H3;3-13H,1-2H3;2-9H,1H3;2-9H,10H2,1H3;2-9H,1H3;1-4H,5H2;2-5,9H,1H3;1-4H2. The van der Waals surface area contributed by atoms with Crippen LogP contribution in [0.5, 0.6) is 34.5 Å². The molecule has 19 rings (SSSR count). The van der Waals surface area contributed by atoms with Crippen LogP contribution < -0.4 is 28.4 Å². The van der Waals surface area contributed by atoms with Crippen LogP contribution in [0.1, 0.15) is 86.1 Å². The summed E-state index contributed by atoms with van der Waals surface area (Å²) in [6, 6.07) is 103. The molecule has 12 nitrogen and oxygen atoms in total. The summed E-state index contributed by atoms with van der Waals surface area (Å²) < 4.78 is 46.9. The van der Waals surface area contributed by atoms with Crippen molar-refractivity contribution in [2.45, 2.75) is 42.6 Å². The number of thiophene rings is 4. The molecule has 1 saturated heterocycles. The number of carbonyl (C=O) groups is 4. The van der Waals surface area contributed by atoms with Gasteiger partial charge in [0, 0.05) is 134 Å². The summed E-state index contributed by atoms with van der Waals surface area (Å²) in [5, 5.41) is 18.4. The molecule has 694 valence electrons. The Labute approximate surface area is 877 Å². The van der Waals surface area contributed by atoms with Crippen LogP contribution in [0.25, 0.3) is 84.9 Å². The number of hydrogen-bond donors (Lipinski definition) is 2. The Morgan fingerprint density at radius 2 is 0.824 bits per heavy atom. The van der Waals surface area contributed by atoms with E-state index in [1.807, 2.05) is 263 Å². The van der Waals surface area contributed by atoms with Gasteiger partial charge in [-0.3, -0.25) is 19.2 Å².